The Kier molecular flexibility index (Phi) is 8.88. The minimum atomic E-state index is -2.95. The van der Waals surface area contributed by atoms with Crippen LogP contribution in [0, 0.1) is 5.92 Å². The molecule has 1 spiro atoms. The second-order valence-electron chi connectivity index (χ2n) is 13.5. The average molecular weight is 655 g/mol. The zero-order valence-corrected chi connectivity index (χ0v) is 27.8. The number of aliphatic hydroxyl groups excluding tert-OH is 1. The minimum Gasteiger partial charge on any atom is -0.432 e. The maximum Gasteiger partial charge on any atom is 0.264 e. The third-order valence-corrected chi connectivity index (χ3v) is 12.9. The summed E-state index contributed by atoms with van der Waals surface area (Å²) >= 11 is 6.51. The summed E-state index contributed by atoms with van der Waals surface area (Å²) in [5, 5.41) is 16.5. The van der Waals surface area contributed by atoms with E-state index in [-0.39, 0.29) is 49.4 Å². The number of ether oxygens (including phenoxy) is 1. The van der Waals surface area contributed by atoms with Gasteiger partial charge in [-0.15, -0.1) is 0 Å². The van der Waals surface area contributed by atoms with E-state index in [1.54, 1.807) is 21.9 Å². The summed E-state index contributed by atoms with van der Waals surface area (Å²) in [5.41, 5.74) is 1.08. The molecule has 4 heterocycles. The van der Waals surface area contributed by atoms with Crippen LogP contribution < -0.4 is 15.5 Å². The van der Waals surface area contributed by atoms with Crippen LogP contribution in [-0.4, -0.2) is 78.7 Å². The SMILES string of the molecule is C[C@@H]1[C@@H]([Si](C)(C)O)[C@H](CC(=O)N2CCC[C@H]2CO)O[C@@]12C(=O)N(Cc1ccc(NC(=O)[C@H]3CCCN3)cc1)c1ccc(Cl)cc12. The fourth-order valence-electron chi connectivity index (χ4n) is 8.06. The van der Waals surface area contributed by atoms with Gasteiger partial charge in [-0.3, -0.25) is 14.4 Å². The van der Waals surface area contributed by atoms with Gasteiger partial charge in [0, 0.05) is 34.3 Å². The lowest BCUT2D eigenvalue weighted by Crippen LogP contribution is -2.46. The second kappa shape index (κ2) is 12.4. The lowest BCUT2D eigenvalue weighted by molar-refractivity contribution is -0.150. The van der Waals surface area contributed by atoms with Gasteiger partial charge in [0.25, 0.3) is 5.91 Å². The van der Waals surface area contributed by atoms with E-state index in [9.17, 15) is 24.3 Å². The number of hydrogen-bond acceptors (Lipinski definition) is 7. The largest absolute Gasteiger partial charge is 0.432 e. The van der Waals surface area contributed by atoms with Crippen molar-refractivity contribution >= 4 is 49.0 Å². The van der Waals surface area contributed by atoms with Crippen molar-refractivity contribution in [3.63, 3.8) is 0 Å². The van der Waals surface area contributed by atoms with E-state index in [1.807, 2.05) is 50.3 Å². The lowest BCUT2D eigenvalue weighted by atomic mass is 9.82. The summed E-state index contributed by atoms with van der Waals surface area (Å²) in [5.74, 6) is -0.853. The van der Waals surface area contributed by atoms with Gasteiger partial charge in [-0.2, -0.15) is 0 Å². The van der Waals surface area contributed by atoms with Crippen molar-refractivity contribution in [2.24, 2.45) is 5.92 Å². The van der Waals surface area contributed by atoms with E-state index in [1.165, 1.54) is 0 Å². The summed E-state index contributed by atoms with van der Waals surface area (Å²) in [6.07, 6.45) is 2.73. The molecule has 6 atom stereocenters. The third-order valence-electron chi connectivity index (χ3n) is 10.2. The second-order valence-corrected chi connectivity index (χ2v) is 17.9. The highest BCUT2D eigenvalue weighted by molar-refractivity contribution is 6.71. The number of nitrogens with zero attached hydrogens (tertiary/aromatic N) is 2. The van der Waals surface area contributed by atoms with Crippen molar-refractivity contribution < 1.29 is 29.0 Å². The quantitative estimate of drug-likeness (QED) is 0.319. The molecule has 0 aliphatic carbocycles. The van der Waals surface area contributed by atoms with Crippen LogP contribution in [0.1, 0.15) is 50.2 Å². The van der Waals surface area contributed by atoms with Crippen molar-refractivity contribution in [3.05, 3.63) is 58.6 Å². The molecular weight excluding hydrogens is 612 g/mol. The number of likely N-dealkylation sites (tertiary alicyclic amines) is 1. The molecule has 0 saturated carbocycles. The molecule has 45 heavy (non-hydrogen) atoms. The topological polar surface area (TPSA) is 131 Å². The number of aliphatic hydroxyl groups is 1. The highest BCUT2D eigenvalue weighted by atomic mass is 35.5. The molecular formula is C33H43ClN4O6Si. The number of carbonyl (C=O) groups is 3. The van der Waals surface area contributed by atoms with Gasteiger partial charge in [-0.05, 0) is 81.2 Å². The fraction of sp³-hybridized carbons (Fsp3) is 0.545. The molecule has 4 N–H and O–H groups in total. The molecule has 4 aliphatic heterocycles. The Labute approximate surface area is 270 Å². The first-order chi connectivity index (χ1) is 21.4. The maximum absolute atomic E-state index is 14.6. The number of benzene rings is 2. The summed E-state index contributed by atoms with van der Waals surface area (Å²) in [7, 11) is -2.95. The zero-order chi connectivity index (χ0) is 32.1. The molecule has 242 valence electrons. The smallest absolute Gasteiger partial charge is 0.264 e. The van der Waals surface area contributed by atoms with Crippen LogP contribution in [0.2, 0.25) is 23.7 Å². The van der Waals surface area contributed by atoms with Crippen molar-refractivity contribution in [1.82, 2.24) is 10.2 Å². The van der Waals surface area contributed by atoms with Crippen LogP contribution in [-0.2, 0) is 31.3 Å². The van der Waals surface area contributed by atoms with Gasteiger partial charge in [0.1, 0.15) is 0 Å². The highest BCUT2D eigenvalue weighted by Gasteiger charge is 2.66. The van der Waals surface area contributed by atoms with Crippen LogP contribution >= 0.6 is 11.6 Å². The number of anilines is 2. The summed E-state index contributed by atoms with van der Waals surface area (Å²) < 4.78 is 6.80. The van der Waals surface area contributed by atoms with Crippen LogP contribution in [0.25, 0.3) is 0 Å². The van der Waals surface area contributed by atoms with E-state index in [2.05, 4.69) is 10.6 Å². The highest BCUT2D eigenvalue weighted by Crippen LogP contribution is 2.60. The van der Waals surface area contributed by atoms with E-state index in [0.29, 0.717) is 28.5 Å². The number of fused-ring (bicyclic) bond motifs is 2. The monoisotopic (exact) mass is 654 g/mol. The number of nitrogens with one attached hydrogen (secondary N) is 2. The van der Waals surface area contributed by atoms with Gasteiger partial charge in [0.2, 0.25) is 11.8 Å². The maximum atomic E-state index is 14.6. The van der Waals surface area contributed by atoms with Crippen LogP contribution in [0.5, 0.6) is 0 Å². The summed E-state index contributed by atoms with van der Waals surface area (Å²) in [6, 6.07) is 12.4. The molecule has 12 heteroatoms. The Balaban J connectivity index is 1.28. The molecule has 0 unspecified atom stereocenters. The van der Waals surface area contributed by atoms with E-state index in [4.69, 9.17) is 16.3 Å². The predicted octanol–water partition coefficient (Wildman–Crippen LogP) is 3.75. The predicted molar refractivity (Wildman–Crippen MR) is 174 cm³/mol. The number of hydrogen-bond donors (Lipinski definition) is 4. The van der Waals surface area contributed by atoms with Gasteiger partial charge < -0.3 is 35.1 Å². The van der Waals surface area contributed by atoms with Gasteiger partial charge in [-0.1, -0.05) is 30.7 Å². The first-order valence-electron chi connectivity index (χ1n) is 16.0. The molecule has 3 amide bonds. The van der Waals surface area contributed by atoms with Gasteiger partial charge in [0.15, 0.2) is 13.9 Å². The van der Waals surface area contributed by atoms with Gasteiger partial charge >= 0.3 is 0 Å². The first-order valence-corrected chi connectivity index (χ1v) is 19.4. The molecule has 4 aliphatic rings. The fourth-order valence-corrected chi connectivity index (χ4v) is 10.8. The number of rotatable bonds is 8. The Bertz CT molecular complexity index is 1460. The molecule has 3 saturated heterocycles. The van der Waals surface area contributed by atoms with Crippen molar-refractivity contribution in [1.29, 1.82) is 0 Å². The van der Waals surface area contributed by atoms with Crippen molar-refractivity contribution in [3.8, 4) is 0 Å². The molecule has 10 nitrogen and oxygen atoms in total. The molecule has 0 radical (unpaired) electrons. The van der Waals surface area contributed by atoms with E-state index >= 15 is 0 Å². The molecule has 6 rings (SSSR count). The average Bonchev–Trinajstić information content (AvgIpc) is 3.78. The Morgan fingerprint density at radius 3 is 2.58 bits per heavy atom. The molecule has 2 aromatic rings. The normalized spacial score (nSPS) is 29.6. The summed E-state index contributed by atoms with van der Waals surface area (Å²) in [6.45, 7) is 7.20. The van der Waals surface area contributed by atoms with Crippen LogP contribution in [0.4, 0.5) is 11.4 Å². The lowest BCUT2D eigenvalue weighted by Gasteiger charge is -2.32. The molecule has 0 aromatic heterocycles. The van der Waals surface area contributed by atoms with Gasteiger partial charge in [0.05, 0.1) is 43.4 Å². The number of halogens is 1. The van der Waals surface area contributed by atoms with E-state index in [0.717, 1.165) is 37.8 Å². The summed E-state index contributed by atoms with van der Waals surface area (Å²) in [4.78, 5) is 55.7. The number of carbonyl (C=O) groups excluding carboxylic acids is 3. The van der Waals surface area contributed by atoms with Gasteiger partial charge in [-0.25, -0.2) is 0 Å². The Morgan fingerprint density at radius 2 is 1.91 bits per heavy atom. The third kappa shape index (κ3) is 5.83. The minimum absolute atomic E-state index is 0.0248. The van der Waals surface area contributed by atoms with Crippen LogP contribution in [0.3, 0.4) is 0 Å². The Hall–Kier alpha value is -2.80. The van der Waals surface area contributed by atoms with Crippen LogP contribution in [0.15, 0.2) is 42.5 Å². The molecule has 2 aromatic carbocycles. The number of amides is 3. The standard InChI is InChI=1S/C33H43ClN4O6Si/c1-20-30(45(2,3)43)28(17-29(40)37-15-5-6-24(37)19-39)44-33(20)25-16-22(34)10-13-27(25)38(32(33)42)18-21-8-11-23(12-9-21)36-31(41)26-7-4-14-35-26/h8-13,16,20,24,26,28,30,35,39,43H,4-7,14-15,17-19H2,1-3H3,(H,36,41)/t20-,24+,26-,28+,30-,33+/m1/s1. The van der Waals surface area contributed by atoms with Crippen molar-refractivity contribution in [2.45, 2.75) is 88.0 Å². The molecule has 3 fully saturated rings. The Morgan fingerprint density at radius 1 is 1.16 bits per heavy atom. The van der Waals surface area contributed by atoms with E-state index < -0.39 is 31.5 Å². The van der Waals surface area contributed by atoms with Crippen molar-refractivity contribution in [2.75, 3.05) is 29.9 Å². The zero-order valence-electron chi connectivity index (χ0n) is 26.1. The molecule has 0 bridgehead atoms. The first kappa shape index (κ1) is 32.2.